The molecule has 0 saturated carbocycles. The van der Waals surface area contributed by atoms with Gasteiger partial charge in [-0.15, -0.1) is 0 Å². The lowest BCUT2D eigenvalue weighted by atomic mass is 10.1. The van der Waals surface area contributed by atoms with Gasteiger partial charge < -0.3 is 19.7 Å². The van der Waals surface area contributed by atoms with E-state index < -0.39 is 5.79 Å². The number of ether oxygens (including phenoxy) is 2. The maximum Gasteiger partial charge on any atom is 0.157 e. The molecule has 1 aliphatic rings. The van der Waals surface area contributed by atoms with Crippen LogP contribution >= 0.6 is 0 Å². The fraction of sp³-hybridized carbons (Fsp3) is 1.00. The molecule has 0 aromatic rings. The maximum absolute atomic E-state index is 8.08. The van der Waals surface area contributed by atoms with Crippen molar-refractivity contribution in [2.24, 2.45) is 0 Å². The van der Waals surface area contributed by atoms with Gasteiger partial charge in [0.15, 0.2) is 12.1 Å². The normalized spacial score (nSPS) is 27.9. The van der Waals surface area contributed by atoms with Gasteiger partial charge in [0.2, 0.25) is 0 Å². The molecular weight excluding hydrogens is 184 g/mol. The first-order chi connectivity index (χ1) is 6.33. The van der Waals surface area contributed by atoms with Crippen LogP contribution in [0.25, 0.3) is 0 Å². The molecule has 0 spiro atoms. The molecule has 2 atom stereocenters. The minimum absolute atomic E-state index is 0.0637. The molecule has 1 fully saturated rings. The second-order valence-electron chi connectivity index (χ2n) is 4.04. The first-order valence-corrected chi connectivity index (χ1v) is 4.96. The van der Waals surface area contributed by atoms with E-state index in [0.29, 0.717) is 6.10 Å². The number of hydrogen-bond acceptors (Lipinski definition) is 4. The van der Waals surface area contributed by atoms with Gasteiger partial charge in [-0.2, -0.15) is 0 Å². The summed E-state index contributed by atoms with van der Waals surface area (Å²) in [6.45, 7) is 4.69. The predicted molar refractivity (Wildman–Crippen MR) is 53.7 cm³/mol. The van der Waals surface area contributed by atoms with Crippen LogP contribution in [0.3, 0.4) is 0 Å². The molecule has 1 rings (SSSR count). The molecule has 1 aliphatic heterocycles. The number of rotatable bonds is 1. The summed E-state index contributed by atoms with van der Waals surface area (Å²) in [6.07, 6.45) is 3.93. The lowest BCUT2D eigenvalue weighted by molar-refractivity contribution is -0.174. The zero-order valence-electron chi connectivity index (χ0n) is 9.49. The Morgan fingerprint density at radius 1 is 1.29 bits per heavy atom. The van der Waals surface area contributed by atoms with Gasteiger partial charge in [0.25, 0.3) is 0 Å². The van der Waals surface area contributed by atoms with Crippen LogP contribution in [-0.2, 0) is 9.47 Å². The van der Waals surface area contributed by atoms with E-state index in [1.165, 1.54) is 26.7 Å². The van der Waals surface area contributed by atoms with Crippen LogP contribution in [0.1, 0.15) is 40.0 Å². The molecule has 0 aliphatic carbocycles. The van der Waals surface area contributed by atoms with E-state index in [1.807, 2.05) is 0 Å². The summed E-state index contributed by atoms with van der Waals surface area (Å²) in [5.41, 5.74) is 0. The number of aliphatic hydroxyl groups is 2. The van der Waals surface area contributed by atoms with E-state index >= 15 is 0 Å². The van der Waals surface area contributed by atoms with Crippen LogP contribution in [0.4, 0.5) is 0 Å². The molecule has 4 heteroatoms. The molecular formula is C10H22O4. The molecule has 2 N–H and O–H groups in total. The van der Waals surface area contributed by atoms with Crippen LogP contribution in [-0.4, -0.2) is 35.5 Å². The van der Waals surface area contributed by atoms with Gasteiger partial charge in [0.05, 0.1) is 6.10 Å². The van der Waals surface area contributed by atoms with Crippen molar-refractivity contribution >= 4 is 0 Å². The van der Waals surface area contributed by atoms with Crippen LogP contribution in [0.2, 0.25) is 0 Å². The van der Waals surface area contributed by atoms with E-state index in [1.54, 1.807) is 7.11 Å². The monoisotopic (exact) mass is 206 g/mol. The highest BCUT2D eigenvalue weighted by atomic mass is 16.7. The summed E-state index contributed by atoms with van der Waals surface area (Å²) in [4.78, 5) is 0. The molecule has 4 nitrogen and oxygen atoms in total. The molecule has 86 valence electrons. The Hall–Kier alpha value is -0.160. The quantitative estimate of drug-likeness (QED) is 0.634. The van der Waals surface area contributed by atoms with Gasteiger partial charge in [-0.3, -0.25) is 0 Å². The van der Waals surface area contributed by atoms with E-state index in [9.17, 15) is 0 Å². The molecule has 0 radical (unpaired) electrons. The molecule has 1 heterocycles. The second-order valence-corrected chi connectivity index (χ2v) is 4.04. The Labute approximate surface area is 85.8 Å². The van der Waals surface area contributed by atoms with Crippen molar-refractivity contribution in [3.63, 3.8) is 0 Å². The average Bonchev–Trinajstić information content (AvgIpc) is 2.01. The molecule has 0 aromatic heterocycles. The maximum atomic E-state index is 8.08. The Morgan fingerprint density at radius 3 is 2.07 bits per heavy atom. The van der Waals surface area contributed by atoms with Crippen molar-refractivity contribution in [3.05, 3.63) is 0 Å². The van der Waals surface area contributed by atoms with Crippen molar-refractivity contribution in [1.29, 1.82) is 0 Å². The van der Waals surface area contributed by atoms with Gasteiger partial charge in [-0.05, 0) is 40.0 Å². The number of methoxy groups -OCH3 is 1. The minimum Gasteiger partial charge on any atom is -0.366 e. The number of hydrogen-bond donors (Lipinski definition) is 2. The smallest absolute Gasteiger partial charge is 0.157 e. The predicted octanol–water partition coefficient (Wildman–Crippen LogP) is 1.26. The third-order valence-corrected chi connectivity index (χ3v) is 1.70. The van der Waals surface area contributed by atoms with Crippen LogP contribution in [0, 0.1) is 0 Å². The molecule has 1 saturated heterocycles. The first kappa shape index (κ1) is 13.8. The topological polar surface area (TPSA) is 58.9 Å². The molecule has 0 amide bonds. The SMILES string of the molecule is CC(C)(O)O.CO[C@H]1CCC[C@H](C)O1. The fourth-order valence-corrected chi connectivity index (χ4v) is 1.14. The first-order valence-electron chi connectivity index (χ1n) is 4.96. The molecule has 14 heavy (non-hydrogen) atoms. The summed E-state index contributed by atoms with van der Waals surface area (Å²) < 4.78 is 10.5. The molecule has 0 aromatic carbocycles. The van der Waals surface area contributed by atoms with E-state index in [2.05, 4.69) is 6.92 Å². The van der Waals surface area contributed by atoms with Crippen LogP contribution in [0.15, 0.2) is 0 Å². The van der Waals surface area contributed by atoms with E-state index in [0.717, 1.165) is 6.42 Å². The fourth-order valence-electron chi connectivity index (χ4n) is 1.14. The summed E-state index contributed by atoms with van der Waals surface area (Å²) in [5.74, 6) is -1.50. The largest absolute Gasteiger partial charge is 0.366 e. The highest BCUT2D eigenvalue weighted by molar-refractivity contribution is 4.60. The standard InChI is InChI=1S/C7H14O2.C3H8O2/c1-6-4-3-5-7(8-2)9-6;1-3(2,4)5/h6-7H,3-5H2,1-2H3;4-5H,1-2H3/t6-,7+;/m0./s1. The Kier molecular flexibility index (Phi) is 6.27. The summed E-state index contributed by atoms with van der Waals surface area (Å²) in [7, 11) is 1.70. The van der Waals surface area contributed by atoms with Gasteiger partial charge in [0, 0.05) is 7.11 Å². The lowest BCUT2D eigenvalue weighted by Crippen LogP contribution is -2.26. The van der Waals surface area contributed by atoms with Crippen molar-refractivity contribution in [2.75, 3.05) is 7.11 Å². The van der Waals surface area contributed by atoms with Crippen molar-refractivity contribution in [2.45, 2.75) is 58.2 Å². The third-order valence-electron chi connectivity index (χ3n) is 1.70. The lowest BCUT2D eigenvalue weighted by Gasteiger charge is -2.26. The second kappa shape index (κ2) is 6.35. The van der Waals surface area contributed by atoms with Crippen LogP contribution < -0.4 is 0 Å². The third kappa shape index (κ3) is 9.92. The van der Waals surface area contributed by atoms with Gasteiger partial charge in [-0.25, -0.2) is 0 Å². The van der Waals surface area contributed by atoms with E-state index in [-0.39, 0.29) is 6.29 Å². The van der Waals surface area contributed by atoms with Crippen molar-refractivity contribution in [1.82, 2.24) is 0 Å². The summed E-state index contributed by atoms with van der Waals surface area (Å²) in [5, 5.41) is 16.2. The zero-order chi connectivity index (χ0) is 11.2. The van der Waals surface area contributed by atoms with Crippen LogP contribution in [0.5, 0.6) is 0 Å². The average molecular weight is 206 g/mol. The molecule has 0 unspecified atom stereocenters. The van der Waals surface area contributed by atoms with E-state index in [4.69, 9.17) is 19.7 Å². The minimum atomic E-state index is -1.50. The summed E-state index contributed by atoms with van der Waals surface area (Å²) in [6, 6.07) is 0. The van der Waals surface area contributed by atoms with Crippen molar-refractivity contribution < 1.29 is 19.7 Å². The Bertz CT molecular complexity index is 136. The Balaban J connectivity index is 0.000000292. The highest BCUT2D eigenvalue weighted by Gasteiger charge is 2.17. The Morgan fingerprint density at radius 2 is 1.79 bits per heavy atom. The van der Waals surface area contributed by atoms with Crippen molar-refractivity contribution in [3.8, 4) is 0 Å². The van der Waals surface area contributed by atoms with Gasteiger partial charge in [0.1, 0.15) is 0 Å². The highest BCUT2D eigenvalue weighted by Crippen LogP contribution is 2.18. The summed E-state index contributed by atoms with van der Waals surface area (Å²) >= 11 is 0. The van der Waals surface area contributed by atoms with Gasteiger partial charge >= 0.3 is 0 Å². The zero-order valence-corrected chi connectivity index (χ0v) is 9.49. The molecule has 0 bridgehead atoms. The van der Waals surface area contributed by atoms with Gasteiger partial charge in [-0.1, -0.05) is 0 Å².